The van der Waals surface area contributed by atoms with Crippen molar-refractivity contribution in [2.75, 3.05) is 0 Å². The Morgan fingerprint density at radius 3 is 1.50 bits per heavy atom. The van der Waals surface area contributed by atoms with Crippen molar-refractivity contribution in [2.45, 2.75) is 0 Å². The molecule has 0 spiro atoms. The zero-order valence-electron chi connectivity index (χ0n) is 29.1. The van der Waals surface area contributed by atoms with Crippen LogP contribution in [0.2, 0.25) is 0 Å². The molecular formula is C52H30O2. The number of hydrogen-bond donors (Lipinski definition) is 0. The number of benzene rings is 10. The highest BCUT2D eigenvalue weighted by Gasteiger charge is 2.19. The highest BCUT2D eigenvalue weighted by Crippen LogP contribution is 2.45. The molecule has 0 amide bonds. The molecule has 12 rings (SSSR count). The Labute approximate surface area is 310 Å². The molecule has 0 aliphatic heterocycles. The van der Waals surface area contributed by atoms with E-state index in [2.05, 4.69) is 182 Å². The molecule has 2 aromatic heterocycles. The molecule has 54 heavy (non-hydrogen) atoms. The second-order valence-corrected chi connectivity index (χ2v) is 14.4. The molecule has 0 bridgehead atoms. The van der Waals surface area contributed by atoms with Gasteiger partial charge in [-0.25, -0.2) is 0 Å². The minimum absolute atomic E-state index is 0.794. The molecule has 0 N–H and O–H groups in total. The van der Waals surface area contributed by atoms with E-state index in [1.807, 2.05) is 0 Å². The average molecular weight is 687 g/mol. The van der Waals surface area contributed by atoms with Gasteiger partial charge in [-0.2, -0.15) is 0 Å². The molecule has 10 aromatic carbocycles. The van der Waals surface area contributed by atoms with E-state index in [4.69, 9.17) is 8.83 Å². The lowest BCUT2D eigenvalue weighted by Gasteiger charge is -2.18. The number of furan rings is 2. The zero-order chi connectivity index (χ0) is 35.3. The van der Waals surface area contributed by atoms with Gasteiger partial charge >= 0.3 is 0 Å². The van der Waals surface area contributed by atoms with Gasteiger partial charge in [0, 0.05) is 21.5 Å². The van der Waals surface area contributed by atoms with Crippen molar-refractivity contribution in [3.8, 4) is 33.4 Å². The lowest BCUT2D eigenvalue weighted by molar-refractivity contribution is 0.633. The molecule has 0 radical (unpaired) electrons. The van der Waals surface area contributed by atoms with Crippen molar-refractivity contribution in [1.29, 1.82) is 0 Å². The van der Waals surface area contributed by atoms with Gasteiger partial charge in [-0.15, -0.1) is 0 Å². The SMILES string of the molecule is c1ccc(-c2c3ccccc3c(-c3ccc4cc(-c5ccc6c(c5)oc5c6ccc6c5oc5ccc7ccccc7c56)ccc4c3)c3ccccc23)cc1. The number of rotatable bonds is 3. The van der Waals surface area contributed by atoms with Crippen molar-refractivity contribution in [3.05, 3.63) is 182 Å². The fourth-order valence-corrected chi connectivity index (χ4v) is 8.95. The minimum Gasteiger partial charge on any atom is -0.452 e. The van der Waals surface area contributed by atoms with Gasteiger partial charge in [-0.05, 0) is 119 Å². The Morgan fingerprint density at radius 1 is 0.259 bits per heavy atom. The van der Waals surface area contributed by atoms with Crippen LogP contribution in [0, 0.1) is 0 Å². The largest absolute Gasteiger partial charge is 0.452 e. The maximum absolute atomic E-state index is 6.63. The highest BCUT2D eigenvalue weighted by molar-refractivity contribution is 6.25. The van der Waals surface area contributed by atoms with Crippen molar-refractivity contribution in [1.82, 2.24) is 0 Å². The van der Waals surface area contributed by atoms with Crippen LogP contribution in [-0.2, 0) is 0 Å². The van der Waals surface area contributed by atoms with E-state index < -0.39 is 0 Å². The normalized spacial score (nSPS) is 12.1. The standard InChI is InChI=1S/C52H30O2/c1-2-11-32(12-3-1)48-40-14-6-8-16-42(40)49(43-17-9-7-15-41(43)48)37-21-20-33-28-34(18-19-35(33)29-37)36-22-24-39-44-25-26-45-50-38-13-5-4-10-31(38)23-27-46(50)53-52(45)51(44)54-47(39)30-36/h1-30H. The fourth-order valence-electron chi connectivity index (χ4n) is 8.95. The number of fused-ring (bicyclic) bond motifs is 12. The lowest BCUT2D eigenvalue weighted by atomic mass is 9.85. The van der Waals surface area contributed by atoms with Gasteiger partial charge < -0.3 is 8.83 Å². The average Bonchev–Trinajstić information content (AvgIpc) is 3.81. The van der Waals surface area contributed by atoms with Crippen LogP contribution in [0.4, 0.5) is 0 Å². The van der Waals surface area contributed by atoms with Crippen LogP contribution in [0.15, 0.2) is 191 Å². The summed E-state index contributed by atoms with van der Waals surface area (Å²) in [4.78, 5) is 0. The number of hydrogen-bond acceptors (Lipinski definition) is 2. The van der Waals surface area contributed by atoms with Crippen LogP contribution < -0.4 is 0 Å². The quantitative estimate of drug-likeness (QED) is 0.173. The molecular weight excluding hydrogens is 657 g/mol. The van der Waals surface area contributed by atoms with Crippen molar-refractivity contribution in [2.24, 2.45) is 0 Å². The minimum atomic E-state index is 0.794. The fraction of sp³-hybridized carbons (Fsp3) is 0. The van der Waals surface area contributed by atoms with Gasteiger partial charge in [0.2, 0.25) is 0 Å². The molecule has 0 saturated carbocycles. The summed E-state index contributed by atoms with van der Waals surface area (Å²) in [6, 6.07) is 65.7. The smallest absolute Gasteiger partial charge is 0.178 e. The van der Waals surface area contributed by atoms with Crippen LogP contribution in [-0.4, -0.2) is 0 Å². The van der Waals surface area contributed by atoms with E-state index in [0.717, 1.165) is 55.0 Å². The van der Waals surface area contributed by atoms with E-state index in [1.165, 1.54) is 65.3 Å². The first-order valence-corrected chi connectivity index (χ1v) is 18.5. The van der Waals surface area contributed by atoms with Crippen LogP contribution in [0.25, 0.3) is 120 Å². The molecule has 0 fully saturated rings. The lowest BCUT2D eigenvalue weighted by Crippen LogP contribution is -1.90. The third-order valence-corrected chi connectivity index (χ3v) is 11.4. The first-order chi connectivity index (χ1) is 26.8. The van der Waals surface area contributed by atoms with E-state index in [-0.39, 0.29) is 0 Å². The van der Waals surface area contributed by atoms with Crippen LogP contribution >= 0.6 is 0 Å². The third-order valence-electron chi connectivity index (χ3n) is 11.4. The van der Waals surface area contributed by atoms with Gasteiger partial charge in [-0.3, -0.25) is 0 Å². The van der Waals surface area contributed by atoms with Crippen molar-refractivity contribution >= 4 is 87.0 Å². The summed E-state index contributed by atoms with van der Waals surface area (Å²) in [5.74, 6) is 0. The molecule has 0 aliphatic rings. The van der Waals surface area contributed by atoms with Gasteiger partial charge in [0.05, 0.1) is 0 Å². The second-order valence-electron chi connectivity index (χ2n) is 14.4. The summed E-state index contributed by atoms with van der Waals surface area (Å²) < 4.78 is 13.1. The molecule has 12 aromatic rings. The van der Waals surface area contributed by atoms with E-state index in [9.17, 15) is 0 Å². The molecule has 2 heterocycles. The van der Waals surface area contributed by atoms with Crippen LogP contribution in [0.5, 0.6) is 0 Å². The van der Waals surface area contributed by atoms with Crippen LogP contribution in [0.3, 0.4) is 0 Å². The summed E-state index contributed by atoms with van der Waals surface area (Å²) in [6.07, 6.45) is 0. The topological polar surface area (TPSA) is 26.3 Å². The van der Waals surface area contributed by atoms with Gasteiger partial charge in [0.1, 0.15) is 11.2 Å². The molecule has 0 saturated heterocycles. The first-order valence-electron chi connectivity index (χ1n) is 18.5. The Balaban J connectivity index is 0.976. The maximum atomic E-state index is 6.63. The monoisotopic (exact) mass is 686 g/mol. The molecule has 0 atom stereocenters. The maximum Gasteiger partial charge on any atom is 0.178 e. The molecule has 0 aliphatic carbocycles. The predicted molar refractivity (Wildman–Crippen MR) is 227 cm³/mol. The molecule has 2 heteroatoms. The van der Waals surface area contributed by atoms with Crippen molar-refractivity contribution in [3.63, 3.8) is 0 Å². The Bertz CT molecular complexity index is 3430. The second kappa shape index (κ2) is 11.2. The first kappa shape index (κ1) is 29.4. The molecule has 0 unspecified atom stereocenters. The Hall–Kier alpha value is -7.16. The highest BCUT2D eigenvalue weighted by atomic mass is 16.4. The molecule has 2 nitrogen and oxygen atoms in total. The summed E-state index contributed by atoms with van der Waals surface area (Å²) in [6.45, 7) is 0. The summed E-state index contributed by atoms with van der Waals surface area (Å²) in [5.41, 5.74) is 10.6. The third kappa shape index (κ3) is 4.22. The summed E-state index contributed by atoms with van der Waals surface area (Å²) in [7, 11) is 0. The zero-order valence-corrected chi connectivity index (χ0v) is 29.1. The van der Waals surface area contributed by atoms with Gasteiger partial charge in [-0.1, -0.05) is 140 Å². The van der Waals surface area contributed by atoms with E-state index in [1.54, 1.807) is 0 Å². The Morgan fingerprint density at radius 2 is 0.759 bits per heavy atom. The van der Waals surface area contributed by atoms with E-state index in [0.29, 0.717) is 0 Å². The van der Waals surface area contributed by atoms with Crippen LogP contribution in [0.1, 0.15) is 0 Å². The Kier molecular flexibility index (Phi) is 6.09. The summed E-state index contributed by atoms with van der Waals surface area (Å²) >= 11 is 0. The predicted octanol–water partition coefficient (Wildman–Crippen LogP) is 15.1. The summed E-state index contributed by atoms with van der Waals surface area (Å²) in [5, 5.41) is 14.2. The molecule has 250 valence electrons. The van der Waals surface area contributed by atoms with Gasteiger partial charge in [0.15, 0.2) is 11.2 Å². The van der Waals surface area contributed by atoms with E-state index >= 15 is 0 Å². The van der Waals surface area contributed by atoms with Crippen molar-refractivity contribution < 1.29 is 8.83 Å². The van der Waals surface area contributed by atoms with Gasteiger partial charge in [0.25, 0.3) is 0 Å².